The zero-order valence-electron chi connectivity index (χ0n) is 11.0. The fourth-order valence-corrected chi connectivity index (χ4v) is 3.57. The van der Waals surface area contributed by atoms with Crippen molar-refractivity contribution in [2.24, 2.45) is 11.7 Å². The molecule has 16 heavy (non-hydrogen) atoms. The molecule has 0 radical (unpaired) electrons. The maximum absolute atomic E-state index is 5.62. The first-order valence-electron chi connectivity index (χ1n) is 6.80. The van der Waals surface area contributed by atoms with Crippen molar-refractivity contribution in [3.63, 3.8) is 0 Å². The van der Waals surface area contributed by atoms with Gasteiger partial charge in [-0.2, -0.15) is 11.8 Å². The Morgan fingerprint density at radius 2 is 2.25 bits per heavy atom. The number of hydrogen-bond donors (Lipinski definition) is 1. The molecule has 0 aliphatic carbocycles. The van der Waals surface area contributed by atoms with Gasteiger partial charge in [-0.15, -0.1) is 0 Å². The van der Waals surface area contributed by atoms with E-state index in [1.54, 1.807) is 0 Å². The van der Waals surface area contributed by atoms with Crippen molar-refractivity contribution in [3.05, 3.63) is 0 Å². The molecular formula is C13H28N2S. The first-order valence-corrected chi connectivity index (χ1v) is 7.85. The van der Waals surface area contributed by atoms with Crippen LogP contribution in [-0.4, -0.2) is 42.1 Å². The van der Waals surface area contributed by atoms with E-state index in [-0.39, 0.29) is 0 Å². The highest BCUT2D eigenvalue weighted by molar-refractivity contribution is 7.99. The van der Waals surface area contributed by atoms with Crippen LogP contribution >= 0.6 is 11.8 Å². The molecule has 2 N–H and O–H groups in total. The van der Waals surface area contributed by atoms with Gasteiger partial charge in [0.1, 0.15) is 0 Å². The van der Waals surface area contributed by atoms with E-state index in [2.05, 4.69) is 30.5 Å². The Balaban J connectivity index is 2.09. The van der Waals surface area contributed by atoms with Crippen LogP contribution in [0.2, 0.25) is 0 Å². The minimum atomic E-state index is 0.833. The van der Waals surface area contributed by atoms with Crippen LogP contribution in [0.4, 0.5) is 0 Å². The Hall–Kier alpha value is 0.270. The molecule has 0 saturated carbocycles. The number of nitrogens with two attached hydrogens (primary N) is 1. The minimum Gasteiger partial charge on any atom is -0.330 e. The van der Waals surface area contributed by atoms with Gasteiger partial charge in [0, 0.05) is 24.1 Å². The average molecular weight is 244 g/mol. The first kappa shape index (κ1) is 14.3. The molecule has 2 unspecified atom stereocenters. The lowest BCUT2D eigenvalue weighted by Gasteiger charge is -2.30. The predicted molar refractivity (Wildman–Crippen MR) is 75.0 cm³/mol. The molecule has 1 aliphatic heterocycles. The highest BCUT2D eigenvalue weighted by atomic mass is 32.2. The predicted octanol–water partition coefficient (Wildman–Crippen LogP) is 2.58. The van der Waals surface area contributed by atoms with Crippen molar-refractivity contribution >= 4 is 11.8 Å². The molecule has 1 fully saturated rings. The van der Waals surface area contributed by atoms with Gasteiger partial charge < -0.3 is 10.6 Å². The quantitative estimate of drug-likeness (QED) is 0.746. The van der Waals surface area contributed by atoms with Crippen LogP contribution in [0, 0.1) is 5.92 Å². The van der Waals surface area contributed by atoms with Crippen molar-refractivity contribution in [1.82, 2.24) is 4.90 Å². The summed E-state index contributed by atoms with van der Waals surface area (Å²) in [5.74, 6) is 2.18. The fourth-order valence-electron chi connectivity index (χ4n) is 2.49. The smallest absolute Gasteiger partial charge is 0.0147 e. The molecule has 1 rings (SSSR count). The van der Waals surface area contributed by atoms with Crippen LogP contribution in [0.1, 0.15) is 39.5 Å². The Morgan fingerprint density at radius 3 is 2.88 bits per heavy atom. The molecule has 3 heteroatoms. The summed E-state index contributed by atoms with van der Waals surface area (Å²) in [6, 6.07) is 0. The summed E-state index contributed by atoms with van der Waals surface area (Å²) < 4.78 is 0. The third-order valence-electron chi connectivity index (χ3n) is 3.56. The van der Waals surface area contributed by atoms with Crippen LogP contribution < -0.4 is 5.73 Å². The molecule has 0 aromatic rings. The lowest BCUT2D eigenvalue weighted by Crippen LogP contribution is -2.37. The van der Waals surface area contributed by atoms with Crippen LogP contribution in [0.3, 0.4) is 0 Å². The van der Waals surface area contributed by atoms with Crippen LogP contribution in [-0.2, 0) is 0 Å². The normalized spacial score (nSPS) is 24.6. The van der Waals surface area contributed by atoms with Crippen molar-refractivity contribution in [1.29, 1.82) is 0 Å². The second-order valence-corrected chi connectivity index (χ2v) is 6.52. The zero-order chi connectivity index (χ0) is 11.8. The number of rotatable bonds is 7. The molecule has 2 nitrogen and oxygen atoms in total. The van der Waals surface area contributed by atoms with Gasteiger partial charge in [0.2, 0.25) is 0 Å². The molecule has 0 aromatic heterocycles. The minimum absolute atomic E-state index is 0.833. The third kappa shape index (κ3) is 5.55. The molecule has 2 atom stereocenters. The van der Waals surface area contributed by atoms with Gasteiger partial charge in [-0.25, -0.2) is 0 Å². The van der Waals surface area contributed by atoms with Crippen LogP contribution in [0.5, 0.6) is 0 Å². The van der Waals surface area contributed by atoms with Crippen molar-refractivity contribution in [2.45, 2.75) is 44.8 Å². The zero-order valence-corrected chi connectivity index (χ0v) is 11.8. The summed E-state index contributed by atoms with van der Waals surface area (Å²) >= 11 is 2.12. The van der Waals surface area contributed by atoms with E-state index in [9.17, 15) is 0 Å². The Kier molecular flexibility index (Phi) is 7.50. The number of nitrogens with zero attached hydrogens (tertiary/aromatic N) is 1. The summed E-state index contributed by atoms with van der Waals surface area (Å²) in [7, 11) is 0. The van der Waals surface area contributed by atoms with Gasteiger partial charge in [0.25, 0.3) is 0 Å². The molecule has 1 saturated heterocycles. The fraction of sp³-hybridized carbons (Fsp3) is 1.00. The third-order valence-corrected chi connectivity index (χ3v) is 4.70. The van der Waals surface area contributed by atoms with E-state index in [0.29, 0.717) is 0 Å². The second-order valence-electron chi connectivity index (χ2n) is 4.98. The van der Waals surface area contributed by atoms with Crippen LogP contribution in [0.15, 0.2) is 0 Å². The largest absolute Gasteiger partial charge is 0.330 e. The van der Waals surface area contributed by atoms with E-state index >= 15 is 0 Å². The maximum Gasteiger partial charge on any atom is 0.0147 e. The van der Waals surface area contributed by atoms with Gasteiger partial charge in [-0.05, 0) is 38.3 Å². The molecule has 0 spiro atoms. The second kappa shape index (κ2) is 8.37. The monoisotopic (exact) mass is 244 g/mol. The molecule has 1 heterocycles. The highest BCUT2D eigenvalue weighted by Crippen LogP contribution is 2.19. The molecule has 1 aliphatic rings. The van der Waals surface area contributed by atoms with Crippen LogP contribution in [0.25, 0.3) is 0 Å². The van der Waals surface area contributed by atoms with E-state index in [1.807, 2.05) is 0 Å². The molecule has 0 amide bonds. The summed E-state index contributed by atoms with van der Waals surface area (Å²) in [6.07, 6.45) is 5.23. The van der Waals surface area contributed by atoms with Crippen molar-refractivity contribution < 1.29 is 0 Å². The average Bonchev–Trinajstić information content (AvgIpc) is 2.28. The molecular weight excluding hydrogens is 216 g/mol. The van der Waals surface area contributed by atoms with E-state index in [4.69, 9.17) is 5.73 Å². The summed E-state index contributed by atoms with van der Waals surface area (Å²) in [5, 5.41) is 0.833. The summed E-state index contributed by atoms with van der Waals surface area (Å²) in [6.45, 7) is 9.38. The Bertz CT molecular complexity index is 175. The molecule has 96 valence electrons. The molecule has 0 aromatic carbocycles. The van der Waals surface area contributed by atoms with Gasteiger partial charge >= 0.3 is 0 Å². The summed E-state index contributed by atoms with van der Waals surface area (Å²) in [5.41, 5.74) is 5.62. The Labute approximate surface area is 105 Å². The topological polar surface area (TPSA) is 29.3 Å². The SMILES string of the molecule is CCC(CCN)CCCN1CCSC(C)C1. The van der Waals surface area contributed by atoms with Gasteiger partial charge in [0.05, 0.1) is 0 Å². The summed E-state index contributed by atoms with van der Waals surface area (Å²) in [4.78, 5) is 2.64. The van der Waals surface area contributed by atoms with Crippen molar-refractivity contribution in [3.8, 4) is 0 Å². The van der Waals surface area contributed by atoms with E-state index in [1.165, 1.54) is 51.1 Å². The van der Waals surface area contributed by atoms with E-state index < -0.39 is 0 Å². The van der Waals surface area contributed by atoms with Crippen molar-refractivity contribution in [2.75, 3.05) is 31.9 Å². The molecule has 0 bridgehead atoms. The first-order chi connectivity index (χ1) is 7.76. The standard InChI is InChI=1S/C13H28N2S/c1-3-13(6-7-14)5-4-8-15-9-10-16-12(2)11-15/h12-13H,3-11,14H2,1-2H3. The van der Waals surface area contributed by atoms with E-state index in [0.717, 1.165) is 17.7 Å². The van der Waals surface area contributed by atoms with Gasteiger partial charge in [0.15, 0.2) is 0 Å². The highest BCUT2D eigenvalue weighted by Gasteiger charge is 2.16. The number of hydrogen-bond acceptors (Lipinski definition) is 3. The lowest BCUT2D eigenvalue weighted by atomic mass is 9.96. The lowest BCUT2D eigenvalue weighted by molar-refractivity contribution is 0.268. The van der Waals surface area contributed by atoms with Gasteiger partial charge in [-0.1, -0.05) is 20.3 Å². The number of thioether (sulfide) groups is 1. The maximum atomic E-state index is 5.62. The Morgan fingerprint density at radius 1 is 1.44 bits per heavy atom. The van der Waals surface area contributed by atoms with Gasteiger partial charge in [-0.3, -0.25) is 0 Å².